The third kappa shape index (κ3) is 4.60. The number of rotatable bonds is 6. The minimum Gasteiger partial charge on any atom is -0.477 e. The van der Waals surface area contributed by atoms with E-state index in [9.17, 15) is 14.4 Å². The molecule has 0 saturated heterocycles. The first-order chi connectivity index (χ1) is 15.5. The number of para-hydroxylation sites is 3. The maximum atomic E-state index is 13.3. The van der Waals surface area contributed by atoms with Gasteiger partial charge in [-0.2, -0.15) is 0 Å². The van der Waals surface area contributed by atoms with Crippen molar-refractivity contribution in [3.05, 3.63) is 48.5 Å². The van der Waals surface area contributed by atoms with Gasteiger partial charge in [0.15, 0.2) is 6.10 Å². The number of fused-ring (bicyclic) bond motifs is 2. The van der Waals surface area contributed by atoms with E-state index in [1.54, 1.807) is 17.0 Å². The molecule has 2 aromatic carbocycles. The number of hydrogen-bond donors (Lipinski definition) is 2. The van der Waals surface area contributed by atoms with Crippen molar-refractivity contribution in [2.75, 3.05) is 16.8 Å². The van der Waals surface area contributed by atoms with Crippen LogP contribution in [0.3, 0.4) is 0 Å². The van der Waals surface area contributed by atoms with Gasteiger partial charge in [-0.3, -0.25) is 14.4 Å². The van der Waals surface area contributed by atoms with Crippen molar-refractivity contribution < 1.29 is 19.1 Å². The van der Waals surface area contributed by atoms with Crippen molar-refractivity contribution in [1.82, 2.24) is 5.32 Å². The molecule has 0 bridgehead atoms. The number of ether oxygens (including phenoxy) is 1. The Bertz CT molecular complexity index is 1020. The van der Waals surface area contributed by atoms with E-state index < -0.39 is 11.4 Å². The van der Waals surface area contributed by atoms with Gasteiger partial charge in [0.2, 0.25) is 11.8 Å². The number of amides is 3. The maximum absolute atomic E-state index is 13.3. The van der Waals surface area contributed by atoms with E-state index in [1.165, 1.54) is 11.8 Å². The fourth-order valence-corrected chi connectivity index (χ4v) is 4.99. The Morgan fingerprint density at radius 1 is 1.16 bits per heavy atom. The van der Waals surface area contributed by atoms with E-state index in [1.807, 2.05) is 50.2 Å². The number of benzene rings is 2. The molecule has 2 N–H and O–H groups in total. The first kappa shape index (κ1) is 22.2. The third-order valence-corrected chi connectivity index (χ3v) is 7.04. The average Bonchev–Trinajstić information content (AvgIpc) is 2.82. The summed E-state index contributed by atoms with van der Waals surface area (Å²) in [6.45, 7) is 4.15. The minimum absolute atomic E-state index is 0.0278. The molecule has 2 atom stereocenters. The molecule has 2 aromatic rings. The van der Waals surface area contributed by atoms with Crippen LogP contribution in [0.25, 0.3) is 0 Å². The van der Waals surface area contributed by atoms with Crippen molar-refractivity contribution in [2.45, 2.75) is 55.4 Å². The van der Waals surface area contributed by atoms with Crippen molar-refractivity contribution >= 4 is 40.9 Å². The molecule has 2 unspecified atom stereocenters. The molecule has 168 valence electrons. The Hall–Kier alpha value is -3.00. The molecule has 3 amide bonds. The topological polar surface area (TPSA) is 87.7 Å². The fourth-order valence-electron chi connectivity index (χ4n) is 3.89. The summed E-state index contributed by atoms with van der Waals surface area (Å²) in [7, 11) is 0. The summed E-state index contributed by atoms with van der Waals surface area (Å²) in [5, 5.41) is 5.35. The summed E-state index contributed by atoms with van der Waals surface area (Å²) in [5.41, 5.74) is 1.38. The Morgan fingerprint density at radius 2 is 1.88 bits per heavy atom. The van der Waals surface area contributed by atoms with Crippen LogP contribution in [0.15, 0.2) is 53.4 Å². The second kappa shape index (κ2) is 9.65. The van der Waals surface area contributed by atoms with Crippen molar-refractivity contribution in [2.24, 2.45) is 0 Å². The molecular formula is C24H27N3O4S. The zero-order valence-electron chi connectivity index (χ0n) is 18.2. The van der Waals surface area contributed by atoms with Crippen LogP contribution >= 0.6 is 11.8 Å². The van der Waals surface area contributed by atoms with Gasteiger partial charge in [0.05, 0.1) is 23.2 Å². The lowest BCUT2D eigenvalue weighted by atomic mass is 10.1. The van der Waals surface area contributed by atoms with Crippen LogP contribution < -0.4 is 20.3 Å². The highest BCUT2D eigenvalue weighted by atomic mass is 32.2. The zero-order chi connectivity index (χ0) is 22.7. The maximum Gasteiger partial charge on any atom is 0.263 e. The zero-order valence-corrected chi connectivity index (χ0v) is 19.0. The number of carbonyl (C=O) groups excluding carboxylic acids is 3. The summed E-state index contributed by atoms with van der Waals surface area (Å²) >= 11 is 1.39. The van der Waals surface area contributed by atoms with E-state index in [0.717, 1.165) is 23.4 Å². The molecule has 2 aliphatic rings. The minimum atomic E-state index is -0.803. The van der Waals surface area contributed by atoms with Crippen molar-refractivity contribution in [3.8, 4) is 5.75 Å². The van der Waals surface area contributed by atoms with Gasteiger partial charge in [-0.05, 0) is 37.1 Å². The molecule has 0 saturated carbocycles. The summed E-state index contributed by atoms with van der Waals surface area (Å²) in [4.78, 5) is 41.3. The van der Waals surface area contributed by atoms with Crippen molar-refractivity contribution in [1.29, 1.82) is 0 Å². The van der Waals surface area contributed by atoms with Gasteiger partial charge in [0.25, 0.3) is 5.91 Å². The Morgan fingerprint density at radius 3 is 2.66 bits per heavy atom. The van der Waals surface area contributed by atoms with Gasteiger partial charge in [0.1, 0.15) is 5.75 Å². The average molecular weight is 454 g/mol. The highest BCUT2D eigenvalue weighted by Crippen LogP contribution is 2.38. The number of hydrogen-bond acceptors (Lipinski definition) is 5. The van der Waals surface area contributed by atoms with E-state index in [4.69, 9.17) is 4.74 Å². The SMILES string of the molecule is CCC(CC)NC(=O)C1CN(C(=O)CC2Sc3ccccc3NC2=O)c2ccccc2O1. The molecule has 32 heavy (non-hydrogen) atoms. The van der Waals surface area contributed by atoms with Crippen LogP contribution in [-0.2, 0) is 14.4 Å². The van der Waals surface area contributed by atoms with Gasteiger partial charge >= 0.3 is 0 Å². The molecule has 8 heteroatoms. The van der Waals surface area contributed by atoms with Gasteiger partial charge in [-0.1, -0.05) is 38.1 Å². The number of carbonyl (C=O) groups is 3. The monoisotopic (exact) mass is 453 g/mol. The highest BCUT2D eigenvalue weighted by molar-refractivity contribution is 8.01. The molecule has 0 aliphatic carbocycles. The summed E-state index contributed by atoms with van der Waals surface area (Å²) in [6, 6.07) is 14.8. The van der Waals surface area contributed by atoms with Crippen LogP contribution in [0.2, 0.25) is 0 Å². The Kier molecular flexibility index (Phi) is 6.69. The highest BCUT2D eigenvalue weighted by Gasteiger charge is 2.37. The van der Waals surface area contributed by atoms with Crippen LogP contribution in [0.4, 0.5) is 11.4 Å². The summed E-state index contributed by atoms with van der Waals surface area (Å²) < 4.78 is 5.93. The number of anilines is 2. The van der Waals surface area contributed by atoms with E-state index >= 15 is 0 Å². The predicted molar refractivity (Wildman–Crippen MR) is 125 cm³/mol. The molecular weight excluding hydrogens is 426 g/mol. The van der Waals surface area contributed by atoms with E-state index in [2.05, 4.69) is 10.6 Å². The van der Waals surface area contributed by atoms with Crippen LogP contribution in [0.1, 0.15) is 33.1 Å². The fraction of sp³-hybridized carbons (Fsp3) is 0.375. The first-order valence-corrected chi connectivity index (χ1v) is 11.8. The molecule has 0 radical (unpaired) electrons. The van der Waals surface area contributed by atoms with Crippen molar-refractivity contribution in [3.63, 3.8) is 0 Å². The largest absolute Gasteiger partial charge is 0.477 e. The second-order valence-corrected chi connectivity index (χ2v) is 9.14. The van der Waals surface area contributed by atoms with Gasteiger partial charge < -0.3 is 20.3 Å². The van der Waals surface area contributed by atoms with Gasteiger partial charge in [0, 0.05) is 17.4 Å². The molecule has 0 fully saturated rings. The summed E-state index contributed by atoms with van der Waals surface area (Å²) in [6.07, 6.45) is 0.871. The van der Waals surface area contributed by atoms with Crippen LogP contribution in [0.5, 0.6) is 5.75 Å². The number of nitrogens with one attached hydrogen (secondary N) is 2. The normalized spacial score (nSPS) is 19.5. The standard InChI is InChI=1S/C24H27N3O4S/c1-3-15(4-2)25-23(29)19-14-27(17-10-6-7-11-18(17)31-19)22(28)13-21-24(30)26-16-9-5-8-12-20(16)32-21/h5-12,15,19,21H,3-4,13-14H2,1-2H3,(H,25,29)(H,26,30). The Balaban J connectivity index is 1.52. The van der Waals surface area contributed by atoms with Gasteiger partial charge in [-0.15, -0.1) is 11.8 Å². The third-order valence-electron chi connectivity index (χ3n) is 5.77. The molecule has 4 rings (SSSR count). The lowest BCUT2D eigenvalue weighted by Gasteiger charge is -2.35. The van der Waals surface area contributed by atoms with Gasteiger partial charge in [-0.25, -0.2) is 0 Å². The van der Waals surface area contributed by atoms with E-state index in [-0.39, 0.29) is 36.7 Å². The second-order valence-electron chi connectivity index (χ2n) is 7.90. The molecule has 0 aromatic heterocycles. The smallest absolute Gasteiger partial charge is 0.263 e. The van der Waals surface area contributed by atoms with E-state index in [0.29, 0.717) is 11.4 Å². The van der Waals surface area contributed by atoms with Crippen LogP contribution in [-0.4, -0.2) is 41.7 Å². The quantitative estimate of drug-likeness (QED) is 0.698. The number of thioether (sulfide) groups is 1. The molecule has 2 aliphatic heterocycles. The lowest BCUT2D eigenvalue weighted by Crippen LogP contribution is -2.53. The molecule has 2 heterocycles. The molecule has 7 nitrogen and oxygen atoms in total. The van der Waals surface area contributed by atoms with Crippen LogP contribution in [0, 0.1) is 0 Å². The lowest BCUT2D eigenvalue weighted by molar-refractivity contribution is -0.129. The first-order valence-electron chi connectivity index (χ1n) is 10.9. The predicted octanol–water partition coefficient (Wildman–Crippen LogP) is 3.59. The number of nitrogens with zero attached hydrogens (tertiary/aromatic N) is 1. The molecule has 0 spiro atoms. The summed E-state index contributed by atoms with van der Waals surface area (Å²) in [5.74, 6) is -0.146. The Labute approximate surface area is 191 Å².